The summed E-state index contributed by atoms with van der Waals surface area (Å²) in [7, 11) is 0. The Balaban J connectivity index is 1.71. The number of carbonyl (C=O) groups excluding carboxylic acids is 1. The molecule has 1 amide bonds. The first-order chi connectivity index (χ1) is 8.96. The van der Waals surface area contributed by atoms with Crippen LogP contribution in [0.3, 0.4) is 0 Å². The summed E-state index contributed by atoms with van der Waals surface area (Å²) in [5, 5.41) is 9.70. The predicted molar refractivity (Wildman–Crippen MR) is 68.9 cm³/mol. The average molecular weight is 263 g/mol. The van der Waals surface area contributed by atoms with Crippen LogP contribution in [0.1, 0.15) is 30.9 Å². The third-order valence-corrected chi connectivity index (χ3v) is 4.24. The van der Waals surface area contributed by atoms with Crippen LogP contribution in [0.5, 0.6) is 0 Å². The van der Waals surface area contributed by atoms with Crippen LogP contribution >= 0.6 is 0 Å². The summed E-state index contributed by atoms with van der Waals surface area (Å²) >= 11 is 0. The Kier molecular flexibility index (Phi) is 2.86. The topological polar surface area (TPSA) is 40.5 Å². The van der Waals surface area contributed by atoms with Crippen molar-refractivity contribution in [1.82, 2.24) is 4.90 Å². The monoisotopic (exact) mass is 263 g/mol. The second-order valence-electron chi connectivity index (χ2n) is 5.99. The van der Waals surface area contributed by atoms with Gasteiger partial charge in [0.05, 0.1) is 5.60 Å². The molecule has 0 unspecified atom stereocenters. The molecular weight excluding hydrogens is 245 g/mol. The van der Waals surface area contributed by atoms with E-state index in [1.807, 2.05) is 6.07 Å². The fraction of sp³-hybridized carbons (Fsp3) is 0.533. The number of aliphatic hydroxyl groups is 1. The van der Waals surface area contributed by atoms with E-state index in [9.17, 15) is 14.3 Å². The zero-order valence-electron chi connectivity index (χ0n) is 11.0. The minimum absolute atomic E-state index is 0.0647. The van der Waals surface area contributed by atoms with Crippen LogP contribution < -0.4 is 0 Å². The van der Waals surface area contributed by atoms with Gasteiger partial charge in [0.2, 0.25) is 5.91 Å². The van der Waals surface area contributed by atoms with Crippen molar-refractivity contribution in [2.75, 3.05) is 6.54 Å². The van der Waals surface area contributed by atoms with E-state index in [-0.39, 0.29) is 17.6 Å². The standard InChI is InChI=1S/C15H18FNO2/c1-15(19)7-11(8-15)14(18)17-6-5-12-10(9-17)3-2-4-13(12)16/h2-4,11,19H,5-9H2,1H3. The van der Waals surface area contributed by atoms with Crippen molar-refractivity contribution in [2.24, 2.45) is 5.92 Å². The number of hydrogen-bond acceptors (Lipinski definition) is 2. The molecule has 1 N–H and O–H groups in total. The fourth-order valence-corrected chi connectivity index (χ4v) is 3.19. The lowest BCUT2D eigenvalue weighted by Crippen LogP contribution is -2.50. The maximum absolute atomic E-state index is 13.6. The van der Waals surface area contributed by atoms with E-state index in [1.54, 1.807) is 17.9 Å². The van der Waals surface area contributed by atoms with Crippen LogP contribution in [0.2, 0.25) is 0 Å². The Morgan fingerprint density at radius 1 is 1.47 bits per heavy atom. The average Bonchev–Trinajstić information content (AvgIpc) is 2.35. The highest BCUT2D eigenvalue weighted by Crippen LogP contribution is 2.39. The van der Waals surface area contributed by atoms with E-state index in [4.69, 9.17) is 0 Å². The number of hydrogen-bond donors (Lipinski definition) is 1. The van der Waals surface area contributed by atoms with Crippen LogP contribution in [-0.4, -0.2) is 28.1 Å². The Morgan fingerprint density at radius 3 is 2.89 bits per heavy atom. The van der Waals surface area contributed by atoms with Crippen molar-refractivity contribution in [2.45, 2.75) is 38.3 Å². The summed E-state index contributed by atoms with van der Waals surface area (Å²) in [6, 6.07) is 5.05. The molecule has 0 spiro atoms. The van der Waals surface area contributed by atoms with Gasteiger partial charge >= 0.3 is 0 Å². The highest BCUT2D eigenvalue weighted by molar-refractivity contribution is 5.80. The predicted octanol–water partition coefficient (Wildman–Crippen LogP) is 1.87. The summed E-state index contributed by atoms with van der Waals surface area (Å²) in [6.45, 7) is 2.83. The van der Waals surface area contributed by atoms with Gasteiger partial charge in [-0.2, -0.15) is 0 Å². The van der Waals surface area contributed by atoms with Crippen LogP contribution in [0.25, 0.3) is 0 Å². The van der Waals surface area contributed by atoms with E-state index < -0.39 is 5.60 Å². The lowest BCUT2D eigenvalue weighted by molar-refractivity contribution is -0.150. The molecule has 1 fully saturated rings. The second-order valence-corrected chi connectivity index (χ2v) is 5.99. The molecule has 1 heterocycles. The smallest absolute Gasteiger partial charge is 0.226 e. The van der Waals surface area contributed by atoms with Crippen molar-refractivity contribution in [3.05, 3.63) is 35.1 Å². The fourth-order valence-electron chi connectivity index (χ4n) is 3.19. The van der Waals surface area contributed by atoms with Gasteiger partial charge < -0.3 is 10.0 Å². The lowest BCUT2D eigenvalue weighted by atomic mass is 9.71. The zero-order valence-corrected chi connectivity index (χ0v) is 11.0. The molecule has 3 nitrogen and oxygen atoms in total. The molecule has 1 aromatic carbocycles. The van der Waals surface area contributed by atoms with Gasteiger partial charge in [-0.3, -0.25) is 4.79 Å². The van der Waals surface area contributed by atoms with Crippen molar-refractivity contribution in [3.8, 4) is 0 Å². The van der Waals surface area contributed by atoms with Crippen LogP contribution in [0.15, 0.2) is 18.2 Å². The highest BCUT2D eigenvalue weighted by atomic mass is 19.1. The summed E-state index contributed by atoms with van der Waals surface area (Å²) < 4.78 is 13.6. The molecule has 2 aliphatic rings. The largest absolute Gasteiger partial charge is 0.390 e. The Labute approximate surface area is 112 Å². The summed E-state index contributed by atoms with van der Waals surface area (Å²) in [5.41, 5.74) is 0.970. The van der Waals surface area contributed by atoms with E-state index in [2.05, 4.69) is 0 Å². The van der Waals surface area contributed by atoms with E-state index in [0.717, 1.165) is 11.1 Å². The quantitative estimate of drug-likeness (QED) is 0.840. The van der Waals surface area contributed by atoms with Gasteiger partial charge in [0.15, 0.2) is 0 Å². The van der Waals surface area contributed by atoms with Crippen molar-refractivity contribution < 1.29 is 14.3 Å². The molecule has 19 heavy (non-hydrogen) atoms. The van der Waals surface area contributed by atoms with Gasteiger partial charge in [-0.25, -0.2) is 4.39 Å². The Hall–Kier alpha value is -1.42. The maximum Gasteiger partial charge on any atom is 0.226 e. The van der Waals surface area contributed by atoms with Gasteiger partial charge in [-0.15, -0.1) is 0 Å². The van der Waals surface area contributed by atoms with E-state index >= 15 is 0 Å². The summed E-state index contributed by atoms with van der Waals surface area (Å²) in [6.07, 6.45) is 1.66. The third kappa shape index (κ3) is 2.25. The number of carbonyl (C=O) groups is 1. The van der Waals surface area contributed by atoms with Crippen LogP contribution in [-0.2, 0) is 17.8 Å². The van der Waals surface area contributed by atoms with Gasteiger partial charge in [-0.05, 0) is 43.4 Å². The zero-order chi connectivity index (χ0) is 13.6. The summed E-state index contributed by atoms with van der Waals surface area (Å²) in [5.74, 6) is -0.136. The molecular formula is C15H18FNO2. The van der Waals surface area contributed by atoms with Crippen molar-refractivity contribution >= 4 is 5.91 Å². The van der Waals surface area contributed by atoms with Gasteiger partial charge in [-0.1, -0.05) is 12.1 Å². The molecule has 1 aliphatic heterocycles. The number of benzene rings is 1. The first kappa shape index (κ1) is 12.6. The molecule has 0 radical (unpaired) electrons. The van der Waals surface area contributed by atoms with Gasteiger partial charge in [0, 0.05) is 19.0 Å². The lowest BCUT2D eigenvalue weighted by Gasteiger charge is -2.43. The van der Waals surface area contributed by atoms with Crippen LogP contribution in [0.4, 0.5) is 4.39 Å². The number of amides is 1. The molecule has 0 bridgehead atoms. The van der Waals surface area contributed by atoms with Gasteiger partial charge in [0.1, 0.15) is 5.82 Å². The number of rotatable bonds is 1. The third-order valence-electron chi connectivity index (χ3n) is 4.24. The Bertz CT molecular complexity index is 519. The highest BCUT2D eigenvalue weighted by Gasteiger charge is 2.44. The van der Waals surface area contributed by atoms with Gasteiger partial charge in [0.25, 0.3) is 0 Å². The second kappa shape index (κ2) is 4.30. The first-order valence-corrected chi connectivity index (χ1v) is 6.74. The number of fused-ring (bicyclic) bond motifs is 1. The van der Waals surface area contributed by atoms with E-state index in [0.29, 0.717) is 32.4 Å². The number of nitrogens with zero attached hydrogens (tertiary/aromatic N) is 1. The molecule has 1 aliphatic carbocycles. The maximum atomic E-state index is 13.6. The van der Waals surface area contributed by atoms with Crippen molar-refractivity contribution in [1.29, 1.82) is 0 Å². The van der Waals surface area contributed by atoms with E-state index in [1.165, 1.54) is 6.07 Å². The molecule has 1 aromatic rings. The minimum Gasteiger partial charge on any atom is -0.390 e. The molecule has 1 saturated carbocycles. The molecule has 0 saturated heterocycles. The SMILES string of the molecule is CC1(O)CC(C(=O)N2CCc3c(F)cccc3C2)C1. The number of halogens is 1. The summed E-state index contributed by atoms with van der Waals surface area (Å²) in [4.78, 5) is 14.1. The Morgan fingerprint density at radius 2 is 2.21 bits per heavy atom. The molecule has 4 heteroatoms. The minimum atomic E-state index is -0.680. The van der Waals surface area contributed by atoms with Crippen molar-refractivity contribution in [3.63, 3.8) is 0 Å². The molecule has 3 rings (SSSR count). The molecule has 102 valence electrons. The molecule has 0 aromatic heterocycles. The first-order valence-electron chi connectivity index (χ1n) is 6.74. The molecule has 0 atom stereocenters. The van der Waals surface area contributed by atoms with Crippen LogP contribution in [0, 0.1) is 11.7 Å². The normalized spacial score (nSPS) is 29.6.